The van der Waals surface area contributed by atoms with Crippen molar-refractivity contribution in [2.75, 3.05) is 0 Å². The molecule has 0 heterocycles. The Balaban J connectivity index is 2.36. The van der Waals surface area contributed by atoms with Crippen LogP contribution in [-0.4, -0.2) is 28.5 Å². The first-order valence-corrected chi connectivity index (χ1v) is 9.25. The number of carbonyl (C=O) groups excluding carboxylic acids is 3. The Morgan fingerprint density at radius 2 is 1.68 bits per heavy atom. The highest BCUT2D eigenvalue weighted by molar-refractivity contribution is 6.31. The van der Waals surface area contributed by atoms with Gasteiger partial charge in [-0.1, -0.05) is 36.4 Å². The van der Waals surface area contributed by atoms with Crippen molar-refractivity contribution in [1.82, 2.24) is 0 Å². The van der Waals surface area contributed by atoms with Crippen LogP contribution in [0.2, 0.25) is 0 Å². The predicted molar refractivity (Wildman–Crippen MR) is 102 cm³/mol. The number of halogens is 3. The van der Waals surface area contributed by atoms with E-state index in [0.717, 1.165) is 6.07 Å². The second-order valence-electron chi connectivity index (χ2n) is 7.63. The van der Waals surface area contributed by atoms with E-state index in [2.05, 4.69) is 0 Å². The second kappa shape index (κ2) is 7.33. The molecule has 6 nitrogen and oxygen atoms in total. The van der Waals surface area contributed by atoms with Crippen molar-refractivity contribution in [3.05, 3.63) is 70.8 Å². The fourth-order valence-electron chi connectivity index (χ4n) is 4.15. The van der Waals surface area contributed by atoms with Gasteiger partial charge in [0.25, 0.3) is 0 Å². The summed E-state index contributed by atoms with van der Waals surface area (Å²) in [7, 11) is 0. The van der Waals surface area contributed by atoms with Crippen molar-refractivity contribution < 1.29 is 37.5 Å². The van der Waals surface area contributed by atoms with Crippen LogP contribution >= 0.6 is 0 Å². The first-order valence-electron chi connectivity index (χ1n) is 9.25. The first kappa shape index (κ1) is 22.2. The number of carboxylic acids is 1. The molecule has 162 valence electrons. The van der Waals surface area contributed by atoms with Crippen LogP contribution in [0.5, 0.6) is 0 Å². The molecule has 2 atom stereocenters. The molecule has 1 fully saturated rings. The van der Waals surface area contributed by atoms with Crippen molar-refractivity contribution >= 4 is 23.4 Å². The van der Waals surface area contributed by atoms with Crippen molar-refractivity contribution in [2.45, 2.75) is 36.8 Å². The number of amides is 1. The number of aliphatic carboxylic acids is 1. The van der Waals surface area contributed by atoms with Crippen LogP contribution in [0.25, 0.3) is 0 Å². The van der Waals surface area contributed by atoms with Crippen LogP contribution in [0.4, 0.5) is 13.2 Å². The summed E-state index contributed by atoms with van der Waals surface area (Å²) in [6.45, 7) is 1.42. The Bertz CT molecular complexity index is 1100. The molecule has 9 heteroatoms. The molecule has 0 bridgehead atoms. The van der Waals surface area contributed by atoms with Gasteiger partial charge in [0.15, 0.2) is 11.6 Å². The molecule has 0 spiro atoms. The number of ketones is 2. The van der Waals surface area contributed by atoms with Crippen LogP contribution in [0, 0.1) is 0 Å². The second-order valence-corrected chi connectivity index (χ2v) is 7.63. The standard InChI is InChI=1S/C22H18F3NO5/c1-20(13-5-3-2-4-6-13)10-9-16(27)21(18(20)29,19(30)31)14-8-7-12(17(26)28)11-15(14)22(23,24)25/h2-8,11H,9-10H2,1H3,(H2,26,28)(H,30,31). The minimum atomic E-state index is -5.15. The zero-order chi connectivity index (χ0) is 23.2. The maximum atomic E-state index is 13.9. The number of alkyl halides is 3. The Morgan fingerprint density at radius 1 is 1.06 bits per heavy atom. The molecule has 0 aromatic heterocycles. The molecule has 0 radical (unpaired) electrons. The minimum Gasteiger partial charge on any atom is -0.480 e. The van der Waals surface area contributed by atoms with Gasteiger partial charge in [-0.25, -0.2) is 0 Å². The average Bonchev–Trinajstić information content (AvgIpc) is 2.71. The maximum Gasteiger partial charge on any atom is 0.416 e. The fourth-order valence-corrected chi connectivity index (χ4v) is 4.15. The fraction of sp³-hybridized carbons (Fsp3) is 0.273. The van der Waals surface area contributed by atoms with Gasteiger partial charge in [-0.05, 0) is 36.6 Å². The molecule has 0 saturated heterocycles. The van der Waals surface area contributed by atoms with Crippen LogP contribution in [0.1, 0.15) is 46.8 Å². The Kier molecular flexibility index (Phi) is 5.25. The van der Waals surface area contributed by atoms with Crippen molar-refractivity contribution in [2.24, 2.45) is 5.73 Å². The predicted octanol–water partition coefficient (Wildman–Crippen LogP) is 3.02. The summed E-state index contributed by atoms with van der Waals surface area (Å²) >= 11 is 0. The molecule has 2 aromatic rings. The largest absolute Gasteiger partial charge is 0.480 e. The molecule has 0 aliphatic heterocycles. The van der Waals surface area contributed by atoms with E-state index in [-0.39, 0.29) is 6.42 Å². The van der Waals surface area contributed by atoms with Crippen LogP contribution in [0.3, 0.4) is 0 Å². The summed E-state index contributed by atoms with van der Waals surface area (Å²) in [5.41, 5.74) is -2.25. The Morgan fingerprint density at radius 3 is 2.19 bits per heavy atom. The molecular weight excluding hydrogens is 415 g/mol. The van der Waals surface area contributed by atoms with E-state index in [1.54, 1.807) is 30.3 Å². The molecule has 3 N–H and O–H groups in total. The molecule has 2 aromatic carbocycles. The van der Waals surface area contributed by atoms with E-state index in [9.17, 15) is 37.5 Å². The smallest absolute Gasteiger partial charge is 0.416 e. The summed E-state index contributed by atoms with van der Waals surface area (Å²) in [5, 5.41) is 10.0. The highest BCUT2D eigenvalue weighted by Crippen LogP contribution is 2.48. The molecule has 1 amide bonds. The number of carboxylic acid groups (broad SMARTS) is 1. The Labute approximate surface area is 174 Å². The third-order valence-electron chi connectivity index (χ3n) is 5.86. The van der Waals surface area contributed by atoms with E-state index < -0.39 is 63.6 Å². The number of carbonyl (C=O) groups is 4. The highest BCUT2D eigenvalue weighted by Gasteiger charge is 2.64. The molecule has 1 aliphatic carbocycles. The Hall–Kier alpha value is -3.49. The van der Waals surface area contributed by atoms with Gasteiger partial charge in [-0.15, -0.1) is 0 Å². The van der Waals surface area contributed by atoms with E-state index in [1.807, 2.05) is 0 Å². The first-order chi connectivity index (χ1) is 14.4. The minimum absolute atomic E-state index is 0.0512. The lowest BCUT2D eigenvalue weighted by Gasteiger charge is -2.42. The highest BCUT2D eigenvalue weighted by atomic mass is 19.4. The van der Waals surface area contributed by atoms with Gasteiger partial charge >= 0.3 is 12.1 Å². The molecule has 31 heavy (non-hydrogen) atoms. The number of primary amides is 1. The van der Waals surface area contributed by atoms with Crippen molar-refractivity contribution in [1.29, 1.82) is 0 Å². The average molecular weight is 433 g/mol. The maximum absolute atomic E-state index is 13.9. The van der Waals surface area contributed by atoms with Gasteiger partial charge < -0.3 is 10.8 Å². The molecule has 1 saturated carbocycles. The lowest BCUT2D eigenvalue weighted by atomic mass is 9.56. The third kappa shape index (κ3) is 3.30. The van der Waals surface area contributed by atoms with E-state index >= 15 is 0 Å². The van der Waals surface area contributed by atoms with Crippen molar-refractivity contribution in [3.63, 3.8) is 0 Å². The monoisotopic (exact) mass is 433 g/mol. The lowest BCUT2D eigenvalue weighted by Crippen LogP contribution is -2.61. The summed E-state index contributed by atoms with van der Waals surface area (Å²) in [6.07, 6.45) is -5.62. The van der Waals surface area contributed by atoms with Gasteiger partial charge in [-0.2, -0.15) is 13.2 Å². The molecule has 3 rings (SSSR count). The third-order valence-corrected chi connectivity index (χ3v) is 5.86. The number of Topliss-reactive ketones (excluding diaryl/α,β-unsaturated/α-hetero) is 2. The summed E-state index contributed by atoms with van der Waals surface area (Å²) < 4.78 is 41.6. The van der Waals surface area contributed by atoms with Gasteiger partial charge in [0.1, 0.15) is 0 Å². The van der Waals surface area contributed by atoms with Crippen LogP contribution in [-0.2, 0) is 31.4 Å². The van der Waals surface area contributed by atoms with Gasteiger partial charge in [0.2, 0.25) is 11.3 Å². The van der Waals surface area contributed by atoms with Gasteiger partial charge in [0, 0.05) is 12.0 Å². The number of hydrogen-bond acceptors (Lipinski definition) is 4. The number of rotatable bonds is 4. The summed E-state index contributed by atoms with van der Waals surface area (Å²) in [5.74, 6) is -5.47. The zero-order valence-corrected chi connectivity index (χ0v) is 16.3. The SMILES string of the molecule is CC1(c2ccccc2)CCC(=O)C(C(=O)O)(c2ccc(C(N)=O)cc2C(F)(F)F)C1=O. The quantitative estimate of drug-likeness (QED) is 0.720. The molecular formula is C22H18F3NO5. The summed E-state index contributed by atoms with van der Waals surface area (Å²) in [4.78, 5) is 50.4. The normalized spacial score (nSPS) is 24.1. The molecule has 1 aliphatic rings. The number of benzene rings is 2. The van der Waals surface area contributed by atoms with Crippen LogP contribution < -0.4 is 5.73 Å². The topological polar surface area (TPSA) is 115 Å². The lowest BCUT2D eigenvalue weighted by molar-refractivity contribution is -0.158. The van der Waals surface area contributed by atoms with Crippen LogP contribution in [0.15, 0.2) is 48.5 Å². The number of nitrogens with two attached hydrogens (primary N) is 1. The van der Waals surface area contributed by atoms with E-state index in [1.165, 1.54) is 6.92 Å². The molecule has 2 unspecified atom stereocenters. The van der Waals surface area contributed by atoms with Gasteiger partial charge in [0.05, 0.1) is 11.0 Å². The number of hydrogen-bond donors (Lipinski definition) is 2. The van der Waals surface area contributed by atoms with E-state index in [4.69, 9.17) is 5.73 Å². The zero-order valence-electron chi connectivity index (χ0n) is 16.3. The van der Waals surface area contributed by atoms with Gasteiger partial charge in [-0.3, -0.25) is 19.2 Å². The summed E-state index contributed by atoms with van der Waals surface area (Å²) in [6, 6.07) is 9.93. The van der Waals surface area contributed by atoms with E-state index in [0.29, 0.717) is 17.7 Å². The van der Waals surface area contributed by atoms with Crippen molar-refractivity contribution in [3.8, 4) is 0 Å².